The van der Waals surface area contributed by atoms with Gasteiger partial charge in [0, 0.05) is 24.8 Å². The Bertz CT molecular complexity index is 836. The van der Waals surface area contributed by atoms with E-state index in [0.717, 1.165) is 31.6 Å². The number of hydrogen-bond donors (Lipinski definition) is 1. The Morgan fingerprint density at radius 1 is 0.914 bits per heavy atom. The Kier molecular flexibility index (Phi) is 8.82. The van der Waals surface area contributed by atoms with Gasteiger partial charge in [-0.15, -0.1) is 12.4 Å². The number of halogens is 1. The largest absolute Gasteiger partial charge is 0.442 e. The highest BCUT2D eigenvalue weighted by atomic mass is 35.5. The molecule has 4 fully saturated rings. The van der Waals surface area contributed by atoms with E-state index in [4.69, 9.17) is 4.74 Å². The molecule has 0 bridgehead atoms. The first kappa shape index (κ1) is 26.1. The van der Waals surface area contributed by atoms with E-state index in [1.165, 1.54) is 57.8 Å². The number of carbonyl (C=O) groups excluding carboxylic acids is 2. The van der Waals surface area contributed by atoms with Crippen LogP contribution in [0.15, 0.2) is 30.3 Å². The van der Waals surface area contributed by atoms with Crippen molar-refractivity contribution in [3.63, 3.8) is 0 Å². The topological polar surface area (TPSA) is 65.1 Å². The summed E-state index contributed by atoms with van der Waals surface area (Å²) in [6, 6.07) is 11.0. The van der Waals surface area contributed by atoms with Gasteiger partial charge in [-0.2, -0.15) is 0 Å². The summed E-state index contributed by atoms with van der Waals surface area (Å²) in [6.07, 6.45) is 13.2. The molecule has 3 aliphatic heterocycles. The van der Waals surface area contributed by atoms with Crippen LogP contribution in [-0.4, -0.2) is 72.3 Å². The van der Waals surface area contributed by atoms with Crippen LogP contribution in [0.25, 0.3) is 0 Å². The Labute approximate surface area is 215 Å². The number of rotatable bonds is 4. The van der Waals surface area contributed by atoms with Crippen LogP contribution in [0.5, 0.6) is 0 Å². The number of cyclic esters (lactones) is 1. The summed E-state index contributed by atoms with van der Waals surface area (Å²) in [4.78, 5) is 32.3. The third-order valence-electron chi connectivity index (χ3n) is 8.47. The zero-order valence-electron chi connectivity index (χ0n) is 20.8. The summed E-state index contributed by atoms with van der Waals surface area (Å²) in [5.74, 6) is 0.199. The van der Waals surface area contributed by atoms with Gasteiger partial charge in [0.1, 0.15) is 11.6 Å². The second-order valence-corrected chi connectivity index (χ2v) is 10.6. The van der Waals surface area contributed by atoms with E-state index in [0.29, 0.717) is 25.8 Å². The number of likely N-dealkylation sites (tertiary alicyclic amines) is 1. The fraction of sp³-hybridized carbons (Fsp3) is 0.704. The average molecular weight is 505 g/mol. The molecule has 3 saturated heterocycles. The highest BCUT2D eigenvalue weighted by Gasteiger charge is 2.54. The predicted molar refractivity (Wildman–Crippen MR) is 140 cm³/mol. The number of nitrogens with one attached hydrogen (secondary N) is 1. The summed E-state index contributed by atoms with van der Waals surface area (Å²) in [5, 5.41) is 2.71. The highest BCUT2D eigenvalue weighted by molar-refractivity contribution is 5.93. The molecule has 8 heteroatoms. The van der Waals surface area contributed by atoms with Crippen molar-refractivity contribution in [2.24, 2.45) is 0 Å². The lowest BCUT2D eigenvalue weighted by molar-refractivity contribution is -0.134. The van der Waals surface area contributed by atoms with E-state index >= 15 is 0 Å². The van der Waals surface area contributed by atoms with Gasteiger partial charge < -0.3 is 24.8 Å². The molecule has 1 saturated carbocycles. The molecular formula is C27H41ClN4O3. The number of para-hydroxylation sites is 1. The quantitative estimate of drug-likeness (QED) is 0.651. The van der Waals surface area contributed by atoms with Gasteiger partial charge in [-0.1, -0.05) is 63.1 Å². The summed E-state index contributed by atoms with van der Waals surface area (Å²) < 4.78 is 5.36. The zero-order valence-corrected chi connectivity index (χ0v) is 21.6. The van der Waals surface area contributed by atoms with Gasteiger partial charge in [-0.3, -0.25) is 4.79 Å². The van der Waals surface area contributed by atoms with Crippen molar-refractivity contribution in [3.8, 4) is 0 Å². The van der Waals surface area contributed by atoms with E-state index in [2.05, 4.69) is 27.2 Å². The van der Waals surface area contributed by atoms with E-state index < -0.39 is 5.54 Å². The number of alkyl carbamates (subject to hydrolysis) is 1. The first-order chi connectivity index (χ1) is 16.7. The lowest BCUT2D eigenvalue weighted by Crippen LogP contribution is -2.58. The van der Waals surface area contributed by atoms with Crippen LogP contribution in [0.2, 0.25) is 0 Å². The van der Waals surface area contributed by atoms with E-state index in [1.807, 2.05) is 23.1 Å². The van der Waals surface area contributed by atoms with Crippen molar-refractivity contribution in [2.45, 2.75) is 88.3 Å². The number of amides is 2. The normalized spacial score (nSPS) is 26.3. The smallest absolute Gasteiger partial charge is 0.407 e. The highest BCUT2D eigenvalue weighted by Crippen LogP contribution is 2.40. The zero-order chi connectivity index (χ0) is 23.4. The van der Waals surface area contributed by atoms with E-state index in [-0.39, 0.29) is 30.5 Å². The number of piperidine rings is 1. The van der Waals surface area contributed by atoms with Crippen LogP contribution in [0.4, 0.5) is 10.5 Å². The van der Waals surface area contributed by atoms with Crippen molar-refractivity contribution < 1.29 is 14.3 Å². The van der Waals surface area contributed by atoms with Crippen molar-refractivity contribution in [3.05, 3.63) is 30.3 Å². The van der Waals surface area contributed by atoms with Gasteiger partial charge in [0.2, 0.25) is 5.91 Å². The third-order valence-corrected chi connectivity index (χ3v) is 8.47. The fourth-order valence-electron chi connectivity index (χ4n) is 6.53. The number of nitrogens with zero attached hydrogens (tertiary/aromatic N) is 3. The van der Waals surface area contributed by atoms with Crippen molar-refractivity contribution in [1.82, 2.24) is 15.1 Å². The molecular weight excluding hydrogens is 464 g/mol. The summed E-state index contributed by atoms with van der Waals surface area (Å²) >= 11 is 0. The molecule has 1 aliphatic carbocycles. The first-order valence-electron chi connectivity index (χ1n) is 13.5. The number of ether oxygens (including phenoxy) is 1. The van der Waals surface area contributed by atoms with Gasteiger partial charge in [-0.25, -0.2) is 4.79 Å². The van der Waals surface area contributed by atoms with Gasteiger partial charge in [0.25, 0.3) is 0 Å². The number of carbonyl (C=O) groups is 2. The molecule has 2 amide bonds. The van der Waals surface area contributed by atoms with Crippen molar-refractivity contribution in [1.29, 1.82) is 0 Å². The Hall–Kier alpha value is -1.99. The molecule has 0 aromatic heterocycles. The molecule has 1 aromatic carbocycles. The van der Waals surface area contributed by atoms with Crippen LogP contribution in [0, 0.1) is 0 Å². The molecule has 0 radical (unpaired) electrons. The van der Waals surface area contributed by atoms with Crippen LogP contribution in [-0.2, 0) is 9.53 Å². The van der Waals surface area contributed by atoms with Crippen LogP contribution < -0.4 is 10.2 Å². The van der Waals surface area contributed by atoms with Crippen LogP contribution in [0.3, 0.4) is 0 Å². The molecule has 1 unspecified atom stereocenters. The maximum absolute atomic E-state index is 13.9. The monoisotopic (exact) mass is 504 g/mol. The van der Waals surface area contributed by atoms with Crippen LogP contribution in [0.1, 0.15) is 70.6 Å². The molecule has 194 valence electrons. The minimum absolute atomic E-state index is 0. The number of anilines is 1. The molecule has 1 atom stereocenters. The first-order valence-corrected chi connectivity index (χ1v) is 13.5. The van der Waals surface area contributed by atoms with Crippen LogP contribution >= 0.6 is 12.4 Å². The lowest BCUT2D eigenvalue weighted by atomic mass is 9.84. The second kappa shape index (κ2) is 11.8. The second-order valence-electron chi connectivity index (χ2n) is 10.6. The van der Waals surface area contributed by atoms with Crippen molar-refractivity contribution in [2.75, 3.05) is 37.7 Å². The maximum atomic E-state index is 13.9. The van der Waals surface area contributed by atoms with Gasteiger partial charge in [0.15, 0.2) is 0 Å². The molecule has 5 rings (SSSR count). The van der Waals surface area contributed by atoms with Gasteiger partial charge >= 0.3 is 6.09 Å². The minimum atomic E-state index is -0.496. The minimum Gasteiger partial charge on any atom is -0.442 e. The maximum Gasteiger partial charge on any atom is 0.407 e. The number of benzene rings is 1. The fourth-order valence-corrected chi connectivity index (χ4v) is 6.53. The molecule has 1 N–H and O–H groups in total. The van der Waals surface area contributed by atoms with Crippen molar-refractivity contribution >= 4 is 30.1 Å². The Balaban J connectivity index is 0.00000289. The third kappa shape index (κ3) is 5.72. The van der Waals surface area contributed by atoms with E-state index in [9.17, 15) is 9.59 Å². The van der Waals surface area contributed by atoms with E-state index in [1.54, 1.807) is 0 Å². The van der Waals surface area contributed by atoms with Gasteiger partial charge in [0.05, 0.1) is 19.8 Å². The lowest BCUT2D eigenvalue weighted by Gasteiger charge is -2.45. The molecule has 1 aromatic rings. The predicted octanol–water partition coefficient (Wildman–Crippen LogP) is 4.55. The molecule has 4 aliphatic rings. The number of hydrogen-bond acceptors (Lipinski definition) is 5. The standard InChI is InChI=1S/C27H40N4O3.ClH/c32-25-27(15-17-29(18-16-27)22-11-7-4-2-1-3-5-8-12-22)31(23-13-9-6-10-14-23)21-30(25)20-24-19-28-26(33)34-24;/h6,9-10,13-14,22,24H,1-5,7-8,11-12,15-21H2,(H,28,33);1H. The summed E-state index contributed by atoms with van der Waals surface area (Å²) in [5.41, 5.74) is 0.608. The average Bonchev–Trinajstić information content (AvgIpc) is 3.40. The summed E-state index contributed by atoms with van der Waals surface area (Å²) in [6.45, 7) is 3.44. The summed E-state index contributed by atoms with van der Waals surface area (Å²) in [7, 11) is 0. The molecule has 1 spiro atoms. The Morgan fingerprint density at radius 3 is 2.14 bits per heavy atom. The SMILES string of the molecule is Cl.O=C1NCC(CN2CN(c3ccccc3)C3(CCN(C4CCCCCCCCC4)CC3)C2=O)O1. The van der Waals surface area contributed by atoms with Gasteiger partial charge in [-0.05, 0) is 37.8 Å². The Morgan fingerprint density at radius 2 is 1.54 bits per heavy atom. The molecule has 35 heavy (non-hydrogen) atoms. The molecule has 7 nitrogen and oxygen atoms in total. The molecule has 3 heterocycles.